The maximum Gasteiger partial charge on any atom is 0.240 e. The van der Waals surface area contributed by atoms with Gasteiger partial charge in [-0.25, -0.2) is 13.1 Å². The van der Waals surface area contributed by atoms with Crippen molar-refractivity contribution in [2.45, 2.75) is 31.3 Å². The van der Waals surface area contributed by atoms with E-state index in [-0.39, 0.29) is 11.0 Å². The molecule has 1 aromatic rings. The molecule has 2 rings (SSSR count). The first-order valence-corrected chi connectivity index (χ1v) is 7.97. The average molecular weight is 284 g/mol. The normalized spacial score (nSPS) is 18.9. The van der Waals surface area contributed by atoms with Crippen molar-refractivity contribution in [2.24, 2.45) is 0 Å². The maximum atomic E-state index is 12.0. The van der Waals surface area contributed by atoms with Crippen molar-refractivity contribution in [1.29, 1.82) is 0 Å². The number of anilines is 1. The van der Waals surface area contributed by atoms with Gasteiger partial charge in [0.05, 0.1) is 17.1 Å². The summed E-state index contributed by atoms with van der Waals surface area (Å²) < 4.78 is 32.3. The Morgan fingerprint density at radius 3 is 2.79 bits per heavy atom. The summed E-state index contributed by atoms with van der Waals surface area (Å²) >= 11 is 0. The minimum atomic E-state index is -3.42. The van der Waals surface area contributed by atoms with Gasteiger partial charge in [0.2, 0.25) is 10.0 Å². The summed E-state index contributed by atoms with van der Waals surface area (Å²) in [6, 6.07) is 4.99. The van der Waals surface area contributed by atoms with Crippen LogP contribution in [0.5, 0.6) is 5.75 Å². The smallest absolute Gasteiger partial charge is 0.240 e. The van der Waals surface area contributed by atoms with Gasteiger partial charge in [-0.1, -0.05) is 13.8 Å². The second kappa shape index (κ2) is 5.38. The number of hydrogen-bond donors (Lipinski definition) is 1. The largest absolute Gasteiger partial charge is 0.486 e. The fourth-order valence-electron chi connectivity index (χ4n) is 2.17. The van der Waals surface area contributed by atoms with Crippen LogP contribution in [0.15, 0.2) is 23.1 Å². The molecule has 0 amide bonds. The van der Waals surface area contributed by atoms with E-state index in [0.29, 0.717) is 6.54 Å². The van der Waals surface area contributed by atoms with E-state index in [1.54, 1.807) is 25.1 Å². The van der Waals surface area contributed by atoms with E-state index in [1.807, 2.05) is 11.9 Å². The fraction of sp³-hybridized carbons (Fsp3) is 0.538. The van der Waals surface area contributed by atoms with Crippen molar-refractivity contribution in [3.05, 3.63) is 18.2 Å². The Balaban J connectivity index is 2.37. The van der Waals surface area contributed by atoms with Crippen LogP contribution < -0.4 is 14.4 Å². The minimum absolute atomic E-state index is 0.161. The van der Waals surface area contributed by atoms with Gasteiger partial charge < -0.3 is 9.64 Å². The van der Waals surface area contributed by atoms with Crippen molar-refractivity contribution in [3.63, 3.8) is 0 Å². The summed E-state index contributed by atoms with van der Waals surface area (Å²) in [4.78, 5) is 2.32. The molecule has 0 bridgehead atoms. The summed E-state index contributed by atoms with van der Waals surface area (Å²) in [5.41, 5.74) is 0.823. The number of rotatable bonds is 4. The molecule has 0 aromatic heterocycles. The second-order valence-electron chi connectivity index (χ2n) is 4.66. The van der Waals surface area contributed by atoms with Crippen LogP contribution in [-0.4, -0.2) is 34.7 Å². The van der Waals surface area contributed by atoms with Gasteiger partial charge in [0.25, 0.3) is 0 Å². The number of ether oxygens (including phenoxy) is 1. The Morgan fingerprint density at radius 1 is 1.42 bits per heavy atom. The molecule has 0 aliphatic carbocycles. The molecule has 1 aromatic carbocycles. The van der Waals surface area contributed by atoms with Crippen molar-refractivity contribution >= 4 is 15.7 Å². The first-order chi connectivity index (χ1) is 8.97. The molecular weight excluding hydrogens is 264 g/mol. The van der Waals surface area contributed by atoms with E-state index in [1.165, 1.54) is 0 Å². The van der Waals surface area contributed by atoms with Crippen LogP contribution in [0.4, 0.5) is 5.69 Å². The van der Waals surface area contributed by atoms with Gasteiger partial charge in [-0.05, 0) is 24.6 Å². The lowest BCUT2D eigenvalue weighted by molar-refractivity contribution is 0.191. The maximum absolute atomic E-state index is 12.0. The Labute approximate surface area is 114 Å². The predicted octanol–water partition coefficient (Wildman–Crippen LogP) is 1.59. The number of hydrogen-bond acceptors (Lipinski definition) is 4. The van der Waals surface area contributed by atoms with E-state index < -0.39 is 10.0 Å². The van der Waals surface area contributed by atoms with E-state index >= 15 is 0 Å². The predicted molar refractivity (Wildman–Crippen MR) is 75.3 cm³/mol. The highest BCUT2D eigenvalue weighted by atomic mass is 32.2. The number of benzene rings is 1. The molecule has 6 heteroatoms. The van der Waals surface area contributed by atoms with Gasteiger partial charge in [0, 0.05) is 13.6 Å². The zero-order valence-electron chi connectivity index (χ0n) is 11.5. The van der Waals surface area contributed by atoms with E-state index in [2.05, 4.69) is 11.6 Å². The number of fused-ring (bicyclic) bond motifs is 1. The summed E-state index contributed by atoms with van der Waals surface area (Å²) in [5.74, 6) is 0.746. The molecule has 1 aliphatic heterocycles. The molecule has 1 atom stereocenters. The quantitative estimate of drug-likeness (QED) is 0.912. The van der Waals surface area contributed by atoms with E-state index in [9.17, 15) is 8.42 Å². The number of nitrogens with one attached hydrogen (secondary N) is 1. The lowest BCUT2D eigenvalue weighted by Gasteiger charge is -2.33. The highest BCUT2D eigenvalue weighted by molar-refractivity contribution is 7.89. The van der Waals surface area contributed by atoms with Crippen molar-refractivity contribution < 1.29 is 13.2 Å². The lowest BCUT2D eigenvalue weighted by Crippen LogP contribution is -2.37. The van der Waals surface area contributed by atoms with Crippen molar-refractivity contribution in [3.8, 4) is 5.75 Å². The minimum Gasteiger partial charge on any atom is -0.486 e. The number of sulfonamides is 1. The Kier molecular flexibility index (Phi) is 4.01. The molecule has 19 heavy (non-hydrogen) atoms. The van der Waals surface area contributed by atoms with Gasteiger partial charge >= 0.3 is 0 Å². The Morgan fingerprint density at radius 2 is 2.16 bits per heavy atom. The summed E-state index contributed by atoms with van der Waals surface area (Å²) in [6.45, 7) is 4.99. The van der Waals surface area contributed by atoms with Crippen LogP contribution in [-0.2, 0) is 10.0 Å². The van der Waals surface area contributed by atoms with Gasteiger partial charge in [0.1, 0.15) is 11.9 Å². The van der Waals surface area contributed by atoms with E-state index in [0.717, 1.165) is 24.4 Å². The zero-order valence-corrected chi connectivity index (χ0v) is 12.3. The molecule has 0 spiro atoms. The molecule has 1 heterocycles. The van der Waals surface area contributed by atoms with Crippen LogP contribution in [0.2, 0.25) is 0 Å². The van der Waals surface area contributed by atoms with Crippen LogP contribution in [0.3, 0.4) is 0 Å². The summed E-state index contributed by atoms with van der Waals surface area (Å²) in [7, 11) is -1.47. The molecule has 0 saturated carbocycles. The highest BCUT2D eigenvalue weighted by Crippen LogP contribution is 2.34. The molecule has 0 fully saturated rings. The molecule has 1 N–H and O–H groups in total. The van der Waals surface area contributed by atoms with E-state index in [4.69, 9.17) is 4.74 Å². The Hall–Kier alpha value is -1.27. The first kappa shape index (κ1) is 14.1. The van der Waals surface area contributed by atoms with Crippen molar-refractivity contribution in [1.82, 2.24) is 4.72 Å². The van der Waals surface area contributed by atoms with Crippen LogP contribution in [0.25, 0.3) is 0 Å². The van der Waals surface area contributed by atoms with Gasteiger partial charge in [-0.2, -0.15) is 0 Å². The standard InChI is InChI=1S/C13H20N2O3S/c1-4-10-9-15(3)12-8-11(6-7-13(12)18-10)19(16,17)14-5-2/h6-8,10,14H,4-5,9H2,1-3H3. The monoisotopic (exact) mass is 284 g/mol. The number of nitrogens with zero attached hydrogens (tertiary/aromatic N) is 1. The van der Waals surface area contributed by atoms with Crippen molar-refractivity contribution in [2.75, 3.05) is 25.0 Å². The third-order valence-electron chi connectivity index (χ3n) is 3.21. The Bertz CT molecular complexity index is 557. The SMILES string of the molecule is CCNS(=O)(=O)c1ccc2c(c1)N(C)CC(CC)O2. The van der Waals surface area contributed by atoms with Crippen LogP contribution in [0.1, 0.15) is 20.3 Å². The first-order valence-electron chi connectivity index (χ1n) is 6.49. The van der Waals surface area contributed by atoms with Crippen LogP contribution in [0, 0.1) is 0 Å². The lowest BCUT2D eigenvalue weighted by atomic mass is 10.2. The second-order valence-corrected chi connectivity index (χ2v) is 6.43. The topological polar surface area (TPSA) is 58.6 Å². The van der Waals surface area contributed by atoms with Gasteiger partial charge in [-0.15, -0.1) is 0 Å². The summed E-state index contributed by atoms with van der Waals surface area (Å²) in [5, 5.41) is 0. The molecule has 1 unspecified atom stereocenters. The number of likely N-dealkylation sites (N-methyl/N-ethyl adjacent to an activating group) is 1. The van der Waals surface area contributed by atoms with Gasteiger partial charge in [-0.3, -0.25) is 0 Å². The molecule has 0 radical (unpaired) electrons. The third kappa shape index (κ3) is 2.84. The van der Waals surface area contributed by atoms with Crippen LogP contribution >= 0.6 is 0 Å². The average Bonchev–Trinajstić information content (AvgIpc) is 2.38. The molecule has 106 valence electrons. The molecule has 1 aliphatic rings. The third-order valence-corrected chi connectivity index (χ3v) is 4.76. The molecule has 0 saturated heterocycles. The zero-order chi connectivity index (χ0) is 14.0. The fourth-order valence-corrected chi connectivity index (χ4v) is 3.23. The summed E-state index contributed by atoms with van der Waals surface area (Å²) in [6.07, 6.45) is 1.09. The highest BCUT2D eigenvalue weighted by Gasteiger charge is 2.24. The molecule has 5 nitrogen and oxygen atoms in total. The van der Waals surface area contributed by atoms with Gasteiger partial charge in [0.15, 0.2) is 0 Å². The molecular formula is C13H20N2O3S.